The average Bonchev–Trinajstić information content (AvgIpc) is 2.83. The third kappa shape index (κ3) is 5.33. The van der Waals surface area contributed by atoms with E-state index in [1.807, 2.05) is 74.5 Å². The standard InChI is InChI=1S/C26H28N2O4S/c1-19-17-28(18-20(2)32-19)33(30,31)24-15-13-23(14-16-24)26(29)27-25(21-9-5-3-6-10-21)22-11-7-4-8-12-22/h3-16,19-20,25H,17-18H2,1-2H3,(H,27,29). The highest BCUT2D eigenvalue weighted by Crippen LogP contribution is 2.24. The van der Waals surface area contributed by atoms with Crippen molar-refractivity contribution in [1.82, 2.24) is 9.62 Å². The van der Waals surface area contributed by atoms with E-state index in [1.165, 1.54) is 16.4 Å². The second kappa shape index (κ2) is 9.87. The molecule has 2 atom stereocenters. The van der Waals surface area contributed by atoms with Gasteiger partial charge in [-0.15, -0.1) is 0 Å². The first-order chi connectivity index (χ1) is 15.8. The molecule has 0 radical (unpaired) electrons. The Balaban J connectivity index is 1.54. The molecule has 3 aromatic rings. The van der Waals surface area contributed by atoms with Crippen LogP contribution in [0.15, 0.2) is 89.8 Å². The number of nitrogens with one attached hydrogen (secondary N) is 1. The maximum atomic E-state index is 13.1. The molecule has 2 unspecified atom stereocenters. The molecule has 1 aliphatic rings. The average molecular weight is 465 g/mol. The van der Waals surface area contributed by atoms with E-state index in [2.05, 4.69) is 5.32 Å². The van der Waals surface area contributed by atoms with E-state index >= 15 is 0 Å². The first-order valence-corrected chi connectivity index (χ1v) is 12.4. The van der Waals surface area contributed by atoms with Crippen molar-refractivity contribution in [2.45, 2.75) is 37.0 Å². The van der Waals surface area contributed by atoms with Crippen molar-refractivity contribution in [1.29, 1.82) is 0 Å². The molecule has 1 aliphatic heterocycles. The van der Waals surface area contributed by atoms with E-state index in [4.69, 9.17) is 4.74 Å². The predicted molar refractivity (Wildman–Crippen MR) is 127 cm³/mol. The van der Waals surface area contributed by atoms with Crippen LogP contribution in [0.2, 0.25) is 0 Å². The lowest BCUT2D eigenvalue weighted by Crippen LogP contribution is -2.48. The normalized spacial score (nSPS) is 19.4. The maximum Gasteiger partial charge on any atom is 0.252 e. The molecule has 1 saturated heterocycles. The molecule has 7 heteroatoms. The van der Waals surface area contributed by atoms with E-state index in [0.29, 0.717) is 18.7 Å². The smallest absolute Gasteiger partial charge is 0.252 e. The summed E-state index contributed by atoms with van der Waals surface area (Å²) in [6.07, 6.45) is -0.331. The molecule has 33 heavy (non-hydrogen) atoms. The van der Waals surface area contributed by atoms with Gasteiger partial charge in [-0.3, -0.25) is 4.79 Å². The van der Waals surface area contributed by atoms with Gasteiger partial charge in [-0.25, -0.2) is 8.42 Å². The van der Waals surface area contributed by atoms with Crippen molar-refractivity contribution in [2.24, 2.45) is 0 Å². The van der Waals surface area contributed by atoms with Gasteiger partial charge in [0.1, 0.15) is 0 Å². The molecule has 0 spiro atoms. The summed E-state index contributed by atoms with van der Waals surface area (Å²) >= 11 is 0. The summed E-state index contributed by atoms with van der Waals surface area (Å²) in [4.78, 5) is 13.2. The molecule has 172 valence electrons. The molecule has 0 aliphatic carbocycles. The number of morpholine rings is 1. The first-order valence-electron chi connectivity index (χ1n) is 11.0. The SMILES string of the molecule is CC1CN(S(=O)(=O)c2ccc(C(=O)NC(c3ccccc3)c3ccccc3)cc2)CC(C)O1. The van der Waals surface area contributed by atoms with Gasteiger partial charge in [-0.1, -0.05) is 60.7 Å². The van der Waals surface area contributed by atoms with Gasteiger partial charge in [0, 0.05) is 18.7 Å². The minimum Gasteiger partial charge on any atom is -0.373 e. The molecule has 1 N–H and O–H groups in total. The number of hydrogen-bond donors (Lipinski definition) is 1. The quantitative estimate of drug-likeness (QED) is 0.598. The Hall–Kier alpha value is -3.00. The van der Waals surface area contributed by atoms with Crippen LogP contribution in [0.25, 0.3) is 0 Å². The van der Waals surface area contributed by atoms with Crippen LogP contribution in [0.1, 0.15) is 41.4 Å². The molecule has 0 aromatic heterocycles. The van der Waals surface area contributed by atoms with Gasteiger partial charge in [-0.05, 0) is 49.2 Å². The second-order valence-corrected chi connectivity index (χ2v) is 10.3. The van der Waals surface area contributed by atoms with Gasteiger partial charge in [-0.2, -0.15) is 4.31 Å². The Morgan fingerprint density at radius 1 is 0.848 bits per heavy atom. The second-order valence-electron chi connectivity index (χ2n) is 8.33. The molecular weight excluding hydrogens is 436 g/mol. The van der Waals surface area contributed by atoms with Crippen LogP contribution >= 0.6 is 0 Å². The Morgan fingerprint density at radius 3 is 1.82 bits per heavy atom. The summed E-state index contributed by atoms with van der Waals surface area (Å²) in [6, 6.07) is 25.3. The number of amides is 1. The number of sulfonamides is 1. The van der Waals surface area contributed by atoms with Crippen molar-refractivity contribution < 1.29 is 17.9 Å². The van der Waals surface area contributed by atoms with Crippen molar-refractivity contribution in [2.75, 3.05) is 13.1 Å². The van der Waals surface area contributed by atoms with Crippen molar-refractivity contribution in [3.8, 4) is 0 Å². The van der Waals surface area contributed by atoms with Crippen molar-refractivity contribution >= 4 is 15.9 Å². The van der Waals surface area contributed by atoms with Gasteiger partial charge < -0.3 is 10.1 Å². The summed E-state index contributed by atoms with van der Waals surface area (Å²) in [5.74, 6) is -0.273. The van der Waals surface area contributed by atoms with E-state index in [-0.39, 0.29) is 29.1 Å². The number of carbonyl (C=O) groups excluding carboxylic acids is 1. The molecule has 3 aromatic carbocycles. The van der Waals surface area contributed by atoms with Gasteiger partial charge in [0.15, 0.2) is 0 Å². The summed E-state index contributed by atoms with van der Waals surface area (Å²) in [6.45, 7) is 4.35. The van der Waals surface area contributed by atoms with E-state index in [9.17, 15) is 13.2 Å². The third-order valence-corrected chi connectivity index (χ3v) is 7.53. The third-order valence-electron chi connectivity index (χ3n) is 5.68. The van der Waals surface area contributed by atoms with E-state index in [1.54, 1.807) is 12.1 Å². The predicted octanol–water partition coefficient (Wildman–Crippen LogP) is 4.00. The number of benzene rings is 3. The molecule has 1 heterocycles. The minimum absolute atomic E-state index is 0.165. The van der Waals surface area contributed by atoms with Crippen LogP contribution in [0.5, 0.6) is 0 Å². The topological polar surface area (TPSA) is 75.7 Å². The minimum atomic E-state index is -3.66. The van der Waals surface area contributed by atoms with Crippen LogP contribution < -0.4 is 5.32 Å². The fourth-order valence-electron chi connectivity index (χ4n) is 4.12. The molecule has 1 amide bonds. The fraction of sp³-hybridized carbons (Fsp3) is 0.269. The first kappa shape index (κ1) is 23.2. The fourth-order valence-corrected chi connectivity index (χ4v) is 5.71. The lowest BCUT2D eigenvalue weighted by atomic mass is 9.98. The molecule has 4 rings (SSSR count). The molecule has 1 fully saturated rings. The number of rotatable bonds is 6. The van der Waals surface area contributed by atoms with E-state index in [0.717, 1.165) is 11.1 Å². The number of hydrogen-bond acceptors (Lipinski definition) is 4. The summed E-state index contributed by atoms with van der Waals surface area (Å²) in [7, 11) is -3.66. The lowest BCUT2D eigenvalue weighted by molar-refractivity contribution is -0.0440. The zero-order chi connectivity index (χ0) is 23.4. The van der Waals surface area contributed by atoms with Crippen LogP contribution in [-0.2, 0) is 14.8 Å². The summed E-state index contributed by atoms with van der Waals surface area (Å²) in [5.41, 5.74) is 2.33. The monoisotopic (exact) mass is 464 g/mol. The van der Waals surface area contributed by atoms with Gasteiger partial charge in [0.2, 0.25) is 10.0 Å². The highest BCUT2D eigenvalue weighted by atomic mass is 32.2. The van der Waals surface area contributed by atoms with Crippen LogP contribution in [0, 0.1) is 0 Å². The molecule has 0 bridgehead atoms. The highest BCUT2D eigenvalue weighted by molar-refractivity contribution is 7.89. The molecular formula is C26H28N2O4S. The van der Waals surface area contributed by atoms with E-state index < -0.39 is 10.0 Å². The molecule has 6 nitrogen and oxygen atoms in total. The zero-order valence-corrected chi connectivity index (χ0v) is 19.5. The number of carbonyl (C=O) groups is 1. The van der Waals surface area contributed by atoms with Gasteiger partial charge in [0.25, 0.3) is 5.91 Å². The van der Waals surface area contributed by atoms with Gasteiger partial charge in [0.05, 0.1) is 23.1 Å². The van der Waals surface area contributed by atoms with Crippen LogP contribution in [0.4, 0.5) is 0 Å². The lowest BCUT2D eigenvalue weighted by Gasteiger charge is -2.34. The van der Waals surface area contributed by atoms with Crippen LogP contribution in [0.3, 0.4) is 0 Å². The Bertz CT molecular complexity index is 1130. The highest BCUT2D eigenvalue weighted by Gasteiger charge is 2.32. The van der Waals surface area contributed by atoms with Crippen molar-refractivity contribution in [3.05, 3.63) is 102 Å². The Labute approximate surface area is 195 Å². The summed E-state index contributed by atoms with van der Waals surface area (Å²) in [5, 5.41) is 3.08. The van der Waals surface area contributed by atoms with Crippen LogP contribution in [-0.4, -0.2) is 43.9 Å². The maximum absolute atomic E-state index is 13.1. The largest absolute Gasteiger partial charge is 0.373 e. The Morgan fingerprint density at radius 2 is 1.33 bits per heavy atom. The molecule has 0 saturated carbocycles. The zero-order valence-electron chi connectivity index (χ0n) is 18.7. The number of ether oxygens (including phenoxy) is 1. The summed E-state index contributed by atoms with van der Waals surface area (Å²) < 4.78 is 33.2. The van der Waals surface area contributed by atoms with Crippen molar-refractivity contribution in [3.63, 3.8) is 0 Å². The number of nitrogens with zero attached hydrogens (tertiary/aromatic N) is 1. The van der Waals surface area contributed by atoms with Gasteiger partial charge >= 0.3 is 0 Å². The Kier molecular flexibility index (Phi) is 6.93.